The number of piperazine rings is 1. The number of amides is 2. The van der Waals surface area contributed by atoms with Crippen LogP contribution in [0.25, 0.3) is 0 Å². The Balaban J connectivity index is 1.79. The number of nitrogens with zero attached hydrogens (tertiary/aromatic N) is 2. The minimum absolute atomic E-state index is 0.0949. The molecule has 5 nitrogen and oxygen atoms in total. The fourth-order valence-electron chi connectivity index (χ4n) is 2.88. The van der Waals surface area contributed by atoms with Gasteiger partial charge in [-0.05, 0) is 18.4 Å². The molecule has 1 fully saturated rings. The zero-order chi connectivity index (χ0) is 16.9. The highest BCUT2D eigenvalue weighted by Crippen LogP contribution is 2.18. The fraction of sp³-hybridized carbons (Fsp3) is 0.389. The average Bonchev–Trinajstić information content (AvgIpc) is 3.06. The molecule has 1 aromatic heterocycles. The predicted octanol–water partition coefficient (Wildman–Crippen LogP) is 2.28. The van der Waals surface area contributed by atoms with E-state index in [9.17, 15) is 9.59 Å². The molecular weight excluding hydrogens is 322 g/mol. The van der Waals surface area contributed by atoms with Crippen LogP contribution in [0.1, 0.15) is 34.4 Å². The third-order valence-corrected chi connectivity index (χ3v) is 5.01. The SMILES string of the molecule is CCCc1nc(C(=O)N2CCNC(=O)[C@H]2Cc2ccccc2)cs1. The van der Waals surface area contributed by atoms with Gasteiger partial charge in [0.15, 0.2) is 0 Å². The Morgan fingerprint density at radius 3 is 2.92 bits per heavy atom. The number of hydrogen-bond donors (Lipinski definition) is 1. The van der Waals surface area contributed by atoms with E-state index in [0.29, 0.717) is 25.2 Å². The van der Waals surface area contributed by atoms with Gasteiger partial charge in [-0.15, -0.1) is 11.3 Å². The average molecular weight is 343 g/mol. The van der Waals surface area contributed by atoms with Gasteiger partial charge >= 0.3 is 0 Å². The second kappa shape index (κ2) is 7.57. The van der Waals surface area contributed by atoms with Crippen molar-refractivity contribution in [3.05, 3.63) is 52.0 Å². The van der Waals surface area contributed by atoms with Crippen LogP contribution < -0.4 is 5.32 Å². The van der Waals surface area contributed by atoms with Gasteiger partial charge in [0.2, 0.25) is 5.91 Å². The number of benzene rings is 1. The van der Waals surface area contributed by atoms with E-state index < -0.39 is 6.04 Å². The van der Waals surface area contributed by atoms with Gasteiger partial charge < -0.3 is 10.2 Å². The molecule has 1 N–H and O–H groups in total. The molecule has 0 spiro atoms. The zero-order valence-corrected chi connectivity index (χ0v) is 14.5. The lowest BCUT2D eigenvalue weighted by atomic mass is 10.0. The highest BCUT2D eigenvalue weighted by atomic mass is 32.1. The Morgan fingerprint density at radius 2 is 2.17 bits per heavy atom. The molecule has 24 heavy (non-hydrogen) atoms. The largest absolute Gasteiger partial charge is 0.353 e. The second-order valence-corrected chi connectivity index (χ2v) is 6.81. The number of hydrogen-bond acceptors (Lipinski definition) is 4. The van der Waals surface area contributed by atoms with Crippen LogP contribution in [0, 0.1) is 0 Å². The highest BCUT2D eigenvalue weighted by molar-refractivity contribution is 7.09. The molecule has 0 aliphatic carbocycles. The summed E-state index contributed by atoms with van der Waals surface area (Å²) in [6.07, 6.45) is 2.40. The van der Waals surface area contributed by atoms with Gasteiger partial charge in [0.05, 0.1) is 5.01 Å². The Labute approximate surface area is 145 Å². The Hall–Kier alpha value is -2.21. The molecule has 1 atom stereocenters. The first-order valence-electron chi connectivity index (χ1n) is 8.26. The number of aryl methyl sites for hydroxylation is 1. The number of thiazole rings is 1. The summed E-state index contributed by atoms with van der Waals surface area (Å²) < 4.78 is 0. The van der Waals surface area contributed by atoms with Crippen molar-refractivity contribution >= 4 is 23.2 Å². The summed E-state index contributed by atoms with van der Waals surface area (Å²) in [6, 6.07) is 9.31. The van der Waals surface area contributed by atoms with Crippen molar-refractivity contribution in [2.45, 2.75) is 32.2 Å². The molecule has 0 bridgehead atoms. The molecule has 0 saturated carbocycles. The van der Waals surface area contributed by atoms with Gasteiger partial charge in [0.1, 0.15) is 11.7 Å². The van der Waals surface area contributed by atoms with Crippen LogP contribution in [0.4, 0.5) is 0 Å². The van der Waals surface area contributed by atoms with Gasteiger partial charge in [0, 0.05) is 24.9 Å². The summed E-state index contributed by atoms with van der Waals surface area (Å²) in [6.45, 7) is 3.10. The molecule has 2 aromatic rings. The molecule has 1 aromatic carbocycles. The van der Waals surface area contributed by atoms with Gasteiger partial charge in [-0.2, -0.15) is 0 Å². The summed E-state index contributed by atoms with van der Waals surface area (Å²) in [5, 5.41) is 5.64. The van der Waals surface area contributed by atoms with E-state index in [4.69, 9.17) is 0 Å². The molecule has 6 heteroatoms. The van der Waals surface area contributed by atoms with Crippen molar-refractivity contribution < 1.29 is 9.59 Å². The standard InChI is InChI=1S/C18H21N3O2S/c1-2-6-16-20-14(12-24-16)18(23)21-10-9-19-17(22)15(21)11-13-7-4-3-5-8-13/h3-5,7-8,12,15H,2,6,9-11H2,1H3,(H,19,22)/t15-/m1/s1. The molecular formula is C18H21N3O2S. The molecule has 0 unspecified atom stereocenters. The van der Waals surface area contributed by atoms with Crippen LogP contribution >= 0.6 is 11.3 Å². The lowest BCUT2D eigenvalue weighted by Crippen LogP contribution is -2.58. The predicted molar refractivity (Wildman–Crippen MR) is 94.1 cm³/mol. The first-order chi connectivity index (χ1) is 11.7. The molecule has 0 radical (unpaired) electrons. The maximum Gasteiger partial charge on any atom is 0.274 e. The minimum atomic E-state index is -0.482. The Morgan fingerprint density at radius 1 is 1.38 bits per heavy atom. The molecule has 2 amide bonds. The van der Waals surface area contributed by atoms with Crippen LogP contribution in [0.5, 0.6) is 0 Å². The smallest absolute Gasteiger partial charge is 0.274 e. The molecule has 126 valence electrons. The summed E-state index contributed by atoms with van der Waals surface area (Å²) in [4.78, 5) is 31.3. The summed E-state index contributed by atoms with van der Waals surface area (Å²) in [7, 11) is 0. The first kappa shape index (κ1) is 16.6. The van der Waals surface area contributed by atoms with Crippen molar-refractivity contribution in [3.63, 3.8) is 0 Å². The number of aromatic nitrogens is 1. The lowest BCUT2D eigenvalue weighted by molar-refractivity contribution is -0.127. The van der Waals surface area contributed by atoms with Crippen LogP contribution in [0.2, 0.25) is 0 Å². The van der Waals surface area contributed by atoms with E-state index in [1.165, 1.54) is 11.3 Å². The first-order valence-corrected chi connectivity index (χ1v) is 9.14. The van der Waals surface area contributed by atoms with Crippen molar-refractivity contribution in [2.75, 3.05) is 13.1 Å². The Kier molecular flexibility index (Phi) is 5.25. The van der Waals surface area contributed by atoms with Crippen LogP contribution in [0.3, 0.4) is 0 Å². The summed E-state index contributed by atoms with van der Waals surface area (Å²) in [5.74, 6) is -0.244. The minimum Gasteiger partial charge on any atom is -0.353 e. The monoisotopic (exact) mass is 343 g/mol. The molecule has 1 aliphatic heterocycles. The highest BCUT2D eigenvalue weighted by Gasteiger charge is 2.34. The number of nitrogens with one attached hydrogen (secondary N) is 1. The van der Waals surface area contributed by atoms with Crippen molar-refractivity contribution in [1.29, 1.82) is 0 Å². The van der Waals surface area contributed by atoms with Crippen molar-refractivity contribution in [3.8, 4) is 0 Å². The third kappa shape index (κ3) is 3.64. The van der Waals surface area contributed by atoms with E-state index in [1.807, 2.05) is 30.3 Å². The van der Waals surface area contributed by atoms with E-state index in [-0.39, 0.29) is 11.8 Å². The number of carbonyl (C=O) groups excluding carboxylic acids is 2. The molecule has 1 saturated heterocycles. The zero-order valence-electron chi connectivity index (χ0n) is 13.7. The van der Waals surface area contributed by atoms with E-state index in [1.54, 1.807) is 10.3 Å². The molecule has 1 aliphatic rings. The molecule has 2 heterocycles. The third-order valence-electron chi connectivity index (χ3n) is 4.10. The molecule has 3 rings (SSSR count). The van der Waals surface area contributed by atoms with Crippen LogP contribution in [0.15, 0.2) is 35.7 Å². The maximum atomic E-state index is 12.9. The van der Waals surface area contributed by atoms with Gasteiger partial charge in [-0.1, -0.05) is 37.3 Å². The van der Waals surface area contributed by atoms with Gasteiger partial charge in [0.25, 0.3) is 5.91 Å². The maximum absolute atomic E-state index is 12.9. The van der Waals surface area contributed by atoms with Crippen LogP contribution in [-0.4, -0.2) is 40.8 Å². The van der Waals surface area contributed by atoms with Crippen molar-refractivity contribution in [1.82, 2.24) is 15.2 Å². The van der Waals surface area contributed by atoms with Gasteiger partial charge in [-0.3, -0.25) is 9.59 Å². The van der Waals surface area contributed by atoms with Gasteiger partial charge in [-0.25, -0.2) is 4.98 Å². The summed E-state index contributed by atoms with van der Waals surface area (Å²) >= 11 is 1.51. The number of rotatable bonds is 5. The van der Waals surface area contributed by atoms with Crippen molar-refractivity contribution in [2.24, 2.45) is 0 Å². The van der Waals surface area contributed by atoms with E-state index in [2.05, 4.69) is 17.2 Å². The fourth-order valence-corrected chi connectivity index (χ4v) is 3.76. The quantitative estimate of drug-likeness (QED) is 0.906. The Bertz CT molecular complexity index is 714. The summed E-state index contributed by atoms with van der Waals surface area (Å²) in [5.41, 5.74) is 1.50. The number of carbonyl (C=O) groups is 2. The lowest BCUT2D eigenvalue weighted by Gasteiger charge is -2.34. The van der Waals surface area contributed by atoms with E-state index >= 15 is 0 Å². The topological polar surface area (TPSA) is 62.3 Å². The van der Waals surface area contributed by atoms with Crippen LogP contribution in [-0.2, 0) is 17.6 Å². The normalized spacial score (nSPS) is 17.6. The second-order valence-electron chi connectivity index (χ2n) is 5.87. The van der Waals surface area contributed by atoms with E-state index in [0.717, 1.165) is 23.4 Å².